The molecule has 154 valence electrons. The third-order valence-electron chi connectivity index (χ3n) is 6.81. The summed E-state index contributed by atoms with van der Waals surface area (Å²) in [5.74, 6) is 2.35. The quantitative estimate of drug-likeness (QED) is 0.842. The maximum atomic E-state index is 13.1. The Balaban J connectivity index is 1.85. The van der Waals surface area contributed by atoms with Crippen molar-refractivity contribution in [3.8, 4) is 11.5 Å². The van der Waals surface area contributed by atoms with Crippen molar-refractivity contribution in [2.75, 3.05) is 5.32 Å². The number of nitrogens with zero attached hydrogens (tertiary/aromatic N) is 4. The van der Waals surface area contributed by atoms with Gasteiger partial charge in [0.1, 0.15) is 17.3 Å². The van der Waals surface area contributed by atoms with Gasteiger partial charge in [-0.05, 0) is 51.9 Å². The van der Waals surface area contributed by atoms with Gasteiger partial charge in [-0.2, -0.15) is 0 Å². The largest absolute Gasteiger partial charge is 0.390 e. The van der Waals surface area contributed by atoms with Crippen molar-refractivity contribution in [1.29, 1.82) is 0 Å². The summed E-state index contributed by atoms with van der Waals surface area (Å²) in [6.45, 7) is 9.73. The molecular formula is C21H33N5O2. The summed E-state index contributed by atoms with van der Waals surface area (Å²) < 4.78 is 3.64. The molecule has 1 atom stereocenters. The zero-order valence-corrected chi connectivity index (χ0v) is 17.6. The van der Waals surface area contributed by atoms with Crippen molar-refractivity contribution < 1.29 is 5.11 Å². The first-order chi connectivity index (χ1) is 13.3. The molecule has 4 aliphatic rings. The smallest absolute Gasteiger partial charge is 0.331 e. The standard InChI is InChI=1S/C21H33N5O2/c1-5-12-25-17-15(16-22-14(6-2)7-13-26(16)19(25)27)23-18(24-17)20(3)8-10-21(4,28)11-9-20/h14,22,28H,5-13H2,1-4H3/t14-,20?,21?/m1/s1. The van der Waals surface area contributed by atoms with E-state index in [4.69, 9.17) is 9.97 Å². The number of hydrogen-bond donors (Lipinski definition) is 2. The Bertz CT molecular complexity index is 887. The van der Waals surface area contributed by atoms with Gasteiger partial charge >= 0.3 is 5.69 Å². The van der Waals surface area contributed by atoms with Gasteiger partial charge in [0.05, 0.1) is 5.60 Å². The Morgan fingerprint density at radius 1 is 1.18 bits per heavy atom. The van der Waals surface area contributed by atoms with E-state index < -0.39 is 5.60 Å². The van der Waals surface area contributed by atoms with Crippen LogP contribution in [-0.4, -0.2) is 35.9 Å². The molecule has 0 saturated heterocycles. The Morgan fingerprint density at radius 2 is 1.89 bits per heavy atom. The third-order valence-corrected chi connectivity index (χ3v) is 6.81. The van der Waals surface area contributed by atoms with Gasteiger partial charge in [-0.1, -0.05) is 20.8 Å². The number of aromatic nitrogens is 4. The monoisotopic (exact) mass is 387 g/mol. The summed E-state index contributed by atoms with van der Waals surface area (Å²) in [6, 6.07) is 0.366. The molecule has 1 saturated carbocycles. The van der Waals surface area contributed by atoms with E-state index in [0.29, 0.717) is 18.4 Å². The van der Waals surface area contributed by atoms with E-state index in [2.05, 4.69) is 26.1 Å². The molecule has 28 heavy (non-hydrogen) atoms. The molecule has 0 radical (unpaired) electrons. The van der Waals surface area contributed by atoms with Crippen LogP contribution in [0.2, 0.25) is 0 Å². The fourth-order valence-electron chi connectivity index (χ4n) is 4.61. The van der Waals surface area contributed by atoms with E-state index in [1.807, 2.05) is 11.5 Å². The van der Waals surface area contributed by atoms with Crippen LogP contribution >= 0.6 is 0 Å². The molecule has 0 bridgehead atoms. The number of nitrogens with one attached hydrogen (secondary N) is 1. The molecule has 7 heteroatoms. The predicted octanol–water partition coefficient (Wildman–Crippen LogP) is 3.13. The highest BCUT2D eigenvalue weighted by Gasteiger charge is 2.41. The van der Waals surface area contributed by atoms with E-state index in [1.165, 1.54) is 0 Å². The van der Waals surface area contributed by atoms with Gasteiger partial charge in [0.25, 0.3) is 0 Å². The van der Waals surface area contributed by atoms with Gasteiger partial charge in [-0.25, -0.2) is 14.8 Å². The average molecular weight is 388 g/mol. The number of fused-ring (bicyclic) bond motifs is 3. The second kappa shape index (κ2) is 6.87. The molecule has 4 rings (SSSR count). The summed E-state index contributed by atoms with van der Waals surface area (Å²) in [5, 5.41) is 13.9. The van der Waals surface area contributed by atoms with Crippen molar-refractivity contribution >= 4 is 5.82 Å². The van der Waals surface area contributed by atoms with Crippen molar-refractivity contribution in [2.45, 2.75) is 103 Å². The topological polar surface area (TPSA) is 85.0 Å². The lowest BCUT2D eigenvalue weighted by atomic mass is 9.70. The third kappa shape index (κ3) is 3.13. The lowest BCUT2D eigenvalue weighted by Gasteiger charge is -2.38. The predicted molar refractivity (Wildman–Crippen MR) is 110 cm³/mol. The van der Waals surface area contributed by atoms with Gasteiger partial charge < -0.3 is 10.4 Å². The summed E-state index contributed by atoms with van der Waals surface area (Å²) in [6.07, 6.45) is 6.06. The Hall–Kier alpha value is -1.89. The number of rotatable bonds is 4. The molecule has 2 N–H and O–H groups in total. The Morgan fingerprint density at radius 3 is 2.54 bits per heavy atom. The van der Waals surface area contributed by atoms with Crippen LogP contribution in [0.25, 0.3) is 11.5 Å². The summed E-state index contributed by atoms with van der Waals surface area (Å²) in [5.41, 5.74) is 0.0696. The van der Waals surface area contributed by atoms with Crippen molar-refractivity contribution in [1.82, 2.24) is 19.1 Å². The molecule has 3 heterocycles. The molecule has 0 unspecified atom stereocenters. The summed E-state index contributed by atoms with van der Waals surface area (Å²) >= 11 is 0. The van der Waals surface area contributed by atoms with Crippen LogP contribution in [0.3, 0.4) is 0 Å². The van der Waals surface area contributed by atoms with Crippen LogP contribution < -0.4 is 11.0 Å². The minimum absolute atomic E-state index is 0.00887. The summed E-state index contributed by atoms with van der Waals surface area (Å²) in [7, 11) is 0. The SMILES string of the molecule is CCCn1c2nc(C3(C)CCC(C)(O)CC3)nc-2c2n(c1=O)CC[C@@H](CC)N2. The van der Waals surface area contributed by atoms with E-state index in [9.17, 15) is 9.90 Å². The molecule has 0 aromatic heterocycles. The van der Waals surface area contributed by atoms with E-state index in [-0.39, 0.29) is 11.1 Å². The highest BCUT2D eigenvalue weighted by Crippen LogP contribution is 2.43. The molecule has 0 spiro atoms. The van der Waals surface area contributed by atoms with Gasteiger partial charge in [0, 0.05) is 24.5 Å². The van der Waals surface area contributed by atoms with Crippen LogP contribution in [-0.2, 0) is 18.5 Å². The molecule has 3 aliphatic heterocycles. The van der Waals surface area contributed by atoms with Crippen LogP contribution in [0.1, 0.15) is 78.5 Å². The maximum Gasteiger partial charge on any atom is 0.331 e. The molecular weight excluding hydrogens is 354 g/mol. The van der Waals surface area contributed by atoms with Crippen LogP contribution in [0, 0.1) is 0 Å². The van der Waals surface area contributed by atoms with Crippen molar-refractivity contribution in [3.05, 3.63) is 16.3 Å². The van der Waals surface area contributed by atoms with Crippen molar-refractivity contribution in [2.24, 2.45) is 0 Å². The molecule has 1 aliphatic carbocycles. The summed E-state index contributed by atoms with van der Waals surface area (Å²) in [4.78, 5) is 23.0. The van der Waals surface area contributed by atoms with Crippen LogP contribution in [0.15, 0.2) is 4.79 Å². The van der Waals surface area contributed by atoms with E-state index in [0.717, 1.165) is 68.8 Å². The highest BCUT2D eigenvalue weighted by molar-refractivity contribution is 5.69. The van der Waals surface area contributed by atoms with Gasteiger partial charge in [-0.3, -0.25) is 9.13 Å². The number of hydrogen-bond acceptors (Lipinski definition) is 5. The van der Waals surface area contributed by atoms with Crippen LogP contribution in [0.5, 0.6) is 0 Å². The Labute approximate surface area is 166 Å². The second-order valence-corrected chi connectivity index (χ2v) is 9.25. The number of imidazole rings is 1. The van der Waals surface area contributed by atoms with E-state index >= 15 is 0 Å². The van der Waals surface area contributed by atoms with Crippen LogP contribution in [0.4, 0.5) is 5.82 Å². The fraction of sp³-hybridized carbons (Fsp3) is 0.762. The first-order valence-corrected chi connectivity index (χ1v) is 10.8. The average Bonchev–Trinajstić information content (AvgIpc) is 3.13. The lowest BCUT2D eigenvalue weighted by molar-refractivity contribution is 0.00181. The number of anilines is 1. The Kier molecular flexibility index (Phi) is 4.76. The highest BCUT2D eigenvalue weighted by atomic mass is 16.3. The zero-order chi connectivity index (χ0) is 20.1. The molecule has 0 amide bonds. The van der Waals surface area contributed by atoms with Gasteiger partial charge in [0.2, 0.25) is 0 Å². The first kappa shape index (κ1) is 19.4. The molecule has 0 aromatic carbocycles. The molecule has 7 nitrogen and oxygen atoms in total. The number of aliphatic hydroxyl groups is 1. The molecule has 1 fully saturated rings. The van der Waals surface area contributed by atoms with Gasteiger partial charge in [0.15, 0.2) is 5.82 Å². The fourth-order valence-corrected chi connectivity index (χ4v) is 4.61. The maximum absolute atomic E-state index is 13.1. The normalized spacial score (nSPS) is 30.2. The first-order valence-electron chi connectivity index (χ1n) is 10.8. The lowest BCUT2D eigenvalue weighted by Crippen LogP contribution is -2.40. The minimum Gasteiger partial charge on any atom is -0.390 e. The van der Waals surface area contributed by atoms with Gasteiger partial charge in [-0.15, -0.1) is 0 Å². The molecule has 0 aromatic rings. The minimum atomic E-state index is -0.596. The second-order valence-electron chi connectivity index (χ2n) is 9.25. The zero-order valence-electron chi connectivity index (χ0n) is 17.6. The van der Waals surface area contributed by atoms with Crippen molar-refractivity contribution in [3.63, 3.8) is 0 Å². The van der Waals surface area contributed by atoms with E-state index in [1.54, 1.807) is 4.57 Å².